The molecule has 0 N–H and O–H groups in total. The van der Waals surface area contributed by atoms with E-state index in [1.807, 2.05) is 18.2 Å². The van der Waals surface area contributed by atoms with Crippen LogP contribution in [0.1, 0.15) is 0 Å². The van der Waals surface area contributed by atoms with Gasteiger partial charge in [-0.05, 0) is 67.0 Å². The van der Waals surface area contributed by atoms with Crippen LogP contribution in [0.2, 0.25) is 0 Å². The second-order valence-corrected chi connectivity index (χ2v) is 12.3. The number of aromatic nitrogens is 3. The molecule has 0 saturated carbocycles. The Morgan fingerprint density at radius 2 is 1.02 bits per heavy atom. The van der Waals surface area contributed by atoms with Gasteiger partial charge in [-0.3, -0.25) is 0 Å². The van der Waals surface area contributed by atoms with Crippen LogP contribution in [0.15, 0.2) is 152 Å². The quantitative estimate of drug-likeness (QED) is 0.151. The van der Waals surface area contributed by atoms with E-state index in [1.165, 1.54) is 48.0 Å². The fourth-order valence-electron chi connectivity index (χ4n) is 6.42. The van der Waals surface area contributed by atoms with Crippen LogP contribution < -0.4 is 0 Å². The predicted octanol–water partition coefficient (Wildman–Crippen LogP) is 11.2. The van der Waals surface area contributed by atoms with Crippen molar-refractivity contribution in [2.45, 2.75) is 0 Å². The number of hydrogen-bond donors (Lipinski definition) is 0. The van der Waals surface area contributed by atoms with Gasteiger partial charge in [0.2, 0.25) is 0 Å². The molecule has 210 valence electrons. The molecule has 0 bridgehead atoms. The maximum Gasteiger partial charge on any atom is 0.174 e. The van der Waals surface area contributed by atoms with Gasteiger partial charge >= 0.3 is 0 Å². The zero-order chi connectivity index (χ0) is 29.7. The monoisotopic (exact) mass is 591 g/mol. The van der Waals surface area contributed by atoms with Crippen molar-refractivity contribution >= 4 is 53.7 Å². The van der Waals surface area contributed by atoms with E-state index in [2.05, 4.69) is 133 Å². The van der Waals surface area contributed by atoms with Crippen molar-refractivity contribution in [3.05, 3.63) is 152 Å². The summed E-state index contributed by atoms with van der Waals surface area (Å²) in [7, 11) is 0. The highest BCUT2D eigenvalue weighted by Crippen LogP contribution is 2.43. The second kappa shape index (κ2) is 10.5. The third-order valence-corrected chi connectivity index (χ3v) is 9.63. The topological polar surface area (TPSA) is 38.7 Å². The van der Waals surface area contributed by atoms with Gasteiger partial charge in [-0.15, -0.1) is 11.3 Å². The van der Waals surface area contributed by atoms with Crippen LogP contribution in [-0.4, -0.2) is 15.0 Å². The van der Waals surface area contributed by atoms with Gasteiger partial charge in [0.1, 0.15) is 0 Å². The van der Waals surface area contributed by atoms with Crippen LogP contribution in [0, 0.1) is 0 Å². The SMILES string of the molecule is c1ccc(-c2nc(-c3cc4ccccc4s3)nc(-c3ccccc3-c3c4ccccc4cc4c3ccc3ccccc34)n2)cc1. The lowest BCUT2D eigenvalue weighted by Crippen LogP contribution is -2.00. The molecule has 9 aromatic rings. The number of nitrogens with zero attached hydrogens (tertiary/aromatic N) is 3. The molecule has 0 spiro atoms. The zero-order valence-electron chi connectivity index (χ0n) is 24.2. The smallest absolute Gasteiger partial charge is 0.174 e. The molecule has 0 aliphatic heterocycles. The molecule has 0 unspecified atom stereocenters. The van der Waals surface area contributed by atoms with Gasteiger partial charge in [-0.2, -0.15) is 0 Å². The third kappa shape index (κ3) is 4.38. The van der Waals surface area contributed by atoms with Crippen LogP contribution in [0.25, 0.3) is 87.0 Å². The van der Waals surface area contributed by atoms with Gasteiger partial charge in [-0.25, -0.2) is 15.0 Å². The molecule has 3 nitrogen and oxygen atoms in total. The third-order valence-electron chi connectivity index (χ3n) is 8.52. The van der Waals surface area contributed by atoms with E-state index < -0.39 is 0 Å². The highest BCUT2D eigenvalue weighted by molar-refractivity contribution is 7.22. The van der Waals surface area contributed by atoms with Crippen LogP contribution >= 0.6 is 11.3 Å². The Morgan fingerprint density at radius 3 is 1.87 bits per heavy atom. The lowest BCUT2D eigenvalue weighted by atomic mass is 9.88. The van der Waals surface area contributed by atoms with Crippen LogP contribution in [0.3, 0.4) is 0 Å². The van der Waals surface area contributed by atoms with E-state index in [4.69, 9.17) is 15.0 Å². The molecule has 45 heavy (non-hydrogen) atoms. The van der Waals surface area contributed by atoms with Gasteiger partial charge < -0.3 is 0 Å². The molecule has 9 rings (SSSR count). The summed E-state index contributed by atoms with van der Waals surface area (Å²) < 4.78 is 1.21. The minimum absolute atomic E-state index is 0.661. The van der Waals surface area contributed by atoms with E-state index >= 15 is 0 Å². The second-order valence-electron chi connectivity index (χ2n) is 11.2. The average molecular weight is 592 g/mol. The zero-order valence-corrected chi connectivity index (χ0v) is 25.0. The van der Waals surface area contributed by atoms with Gasteiger partial charge in [0.05, 0.1) is 4.88 Å². The summed E-state index contributed by atoms with van der Waals surface area (Å²) in [5.41, 5.74) is 4.23. The molecule has 7 aromatic carbocycles. The van der Waals surface area contributed by atoms with E-state index in [0.717, 1.165) is 21.6 Å². The number of fused-ring (bicyclic) bond motifs is 5. The Bertz CT molecular complexity index is 2520. The first-order valence-corrected chi connectivity index (χ1v) is 15.9. The number of benzene rings is 7. The Morgan fingerprint density at radius 1 is 0.378 bits per heavy atom. The van der Waals surface area contributed by atoms with Gasteiger partial charge in [0, 0.05) is 15.8 Å². The molecule has 2 aromatic heterocycles. The number of rotatable bonds is 4. The molecule has 0 aliphatic carbocycles. The van der Waals surface area contributed by atoms with Gasteiger partial charge in [-0.1, -0.05) is 133 Å². The summed E-state index contributed by atoms with van der Waals surface area (Å²) >= 11 is 1.71. The molecular weight excluding hydrogens is 567 g/mol. The Labute approximate surface area is 264 Å². The van der Waals surface area contributed by atoms with Crippen LogP contribution in [0.5, 0.6) is 0 Å². The van der Waals surface area contributed by atoms with Gasteiger partial charge in [0.15, 0.2) is 17.5 Å². The van der Waals surface area contributed by atoms with Crippen LogP contribution in [-0.2, 0) is 0 Å². The number of hydrogen-bond acceptors (Lipinski definition) is 4. The van der Waals surface area contributed by atoms with Crippen molar-refractivity contribution in [2.75, 3.05) is 0 Å². The first kappa shape index (κ1) is 25.8. The summed E-state index contributed by atoms with van der Waals surface area (Å²) in [4.78, 5) is 16.4. The first-order chi connectivity index (χ1) is 22.3. The molecule has 0 amide bonds. The molecule has 0 saturated heterocycles. The highest BCUT2D eigenvalue weighted by atomic mass is 32.1. The summed E-state index contributed by atoms with van der Waals surface area (Å²) in [5, 5.41) is 8.53. The van der Waals surface area contributed by atoms with Crippen molar-refractivity contribution in [1.29, 1.82) is 0 Å². The van der Waals surface area contributed by atoms with Crippen molar-refractivity contribution in [3.63, 3.8) is 0 Å². The fraction of sp³-hybridized carbons (Fsp3) is 0. The lowest BCUT2D eigenvalue weighted by Gasteiger charge is -2.17. The largest absolute Gasteiger partial charge is 0.208 e. The van der Waals surface area contributed by atoms with E-state index in [0.29, 0.717) is 17.5 Å². The molecular formula is C41H25N3S. The summed E-state index contributed by atoms with van der Waals surface area (Å²) in [5.74, 6) is 2.01. The summed E-state index contributed by atoms with van der Waals surface area (Å²) in [6, 6.07) is 53.5. The van der Waals surface area contributed by atoms with Crippen LogP contribution in [0.4, 0.5) is 0 Å². The van der Waals surface area contributed by atoms with E-state index in [1.54, 1.807) is 11.3 Å². The Kier molecular flexibility index (Phi) is 6.00. The predicted molar refractivity (Wildman–Crippen MR) is 189 cm³/mol. The molecule has 0 radical (unpaired) electrons. The first-order valence-electron chi connectivity index (χ1n) is 15.0. The molecule has 2 heterocycles. The molecule has 0 atom stereocenters. The average Bonchev–Trinajstić information content (AvgIpc) is 3.56. The standard InChI is InChI=1S/C41H25N3S/c1-2-13-27(14-3-1)39-42-40(44-41(43-39)37-25-29-16-6-11-21-36(29)45-37)34-20-10-9-19-32(34)38-31-18-8-5-15-28(31)24-35-30-17-7-4-12-26(30)22-23-33(35)38/h1-25H. The Hall–Kier alpha value is -5.71. The molecule has 4 heteroatoms. The lowest BCUT2D eigenvalue weighted by molar-refractivity contribution is 1.08. The number of thiophene rings is 1. The van der Waals surface area contributed by atoms with Crippen molar-refractivity contribution in [2.24, 2.45) is 0 Å². The molecule has 0 aliphatic rings. The minimum Gasteiger partial charge on any atom is -0.208 e. The summed E-state index contributed by atoms with van der Waals surface area (Å²) in [6.07, 6.45) is 0. The van der Waals surface area contributed by atoms with Crippen molar-refractivity contribution in [1.82, 2.24) is 15.0 Å². The fourth-order valence-corrected chi connectivity index (χ4v) is 7.42. The summed E-state index contributed by atoms with van der Waals surface area (Å²) in [6.45, 7) is 0. The van der Waals surface area contributed by atoms with Crippen molar-refractivity contribution in [3.8, 4) is 44.6 Å². The maximum atomic E-state index is 5.18. The minimum atomic E-state index is 0.661. The van der Waals surface area contributed by atoms with E-state index in [-0.39, 0.29) is 0 Å². The molecule has 0 fully saturated rings. The Balaban J connectivity index is 1.34. The van der Waals surface area contributed by atoms with Gasteiger partial charge in [0.25, 0.3) is 0 Å². The normalized spacial score (nSPS) is 11.6. The van der Waals surface area contributed by atoms with E-state index in [9.17, 15) is 0 Å². The highest BCUT2D eigenvalue weighted by Gasteiger charge is 2.19. The van der Waals surface area contributed by atoms with Crippen molar-refractivity contribution < 1.29 is 0 Å². The maximum absolute atomic E-state index is 5.18.